The van der Waals surface area contributed by atoms with Crippen molar-refractivity contribution in [3.8, 4) is 0 Å². The molecule has 0 bridgehead atoms. The third kappa shape index (κ3) is 3.38. The molecule has 0 aliphatic rings. The average molecular weight is 290 g/mol. The number of nitrogens with two attached hydrogens (primary N) is 4. The van der Waals surface area contributed by atoms with Crippen molar-refractivity contribution in [1.29, 1.82) is 0 Å². The Morgan fingerprint density at radius 3 is 2.05 bits per heavy atom. The predicted octanol–water partition coefficient (Wildman–Crippen LogP) is -0.579. The van der Waals surface area contributed by atoms with E-state index in [4.69, 9.17) is 34.5 Å². The summed E-state index contributed by atoms with van der Waals surface area (Å²) in [5.41, 5.74) is 20.7. The topological polar surface area (TPSA) is 141 Å². The molecule has 1 aromatic rings. The van der Waals surface area contributed by atoms with E-state index < -0.39 is 30.7 Å². The fourth-order valence-corrected chi connectivity index (χ4v) is 1.71. The van der Waals surface area contributed by atoms with Crippen molar-refractivity contribution < 1.29 is 14.0 Å². The van der Waals surface area contributed by atoms with Crippen LogP contribution in [0.25, 0.3) is 0 Å². The molecule has 8 N–H and O–H groups in total. The molecule has 104 valence electrons. The number of hydrogen-bond donors (Lipinski definition) is 4. The number of primary amides is 2. The fourth-order valence-electron chi connectivity index (χ4n) is 1.57. The van der Waals surface area contributed by atoms with Gasteiger partial charge >= 0.3 is 0 Å². The van der Waals surface area contributed by atoms with Crippen LogP contribution in [0, 0.1) is 5.82 Å². The summed E-state index contributed by atoms with van der Waals surface area (Å²) in [6.45, 7) is -0.880. The summed E-state index contributed by atoms with van der Waals surface area (Å²) in [4.78, 5) is 22.9. The lowest BCUT2D eigenvalue weighted by molar-refractivity contribution is -0.117. The minimum Gasteiger partial charge on any atom is -0.397 e. The van der Waals surface area contributed by atoms with Gasteiger partial charge in [-0.25, -0.2) is 4.39 Å². The number of carbonyl (C=O) groups excluding carboxylic acids is 2. The Balaban J connectivity index is 3.32. The summed E-state index contributed by atoms with van der Waals surface area (Å²) in [5, 5.41) is -0.358. The molecule has 0 radical (unpaired) electrons. The van der Waals surface area contributed by atoms with Crippen molar-refractivity contribution in [3.63, 3.8) is 0 Å². The molecule has 1 rings (SSSR count). The van der Waals surface area contributed by atoms with Crippen molar-refractivity contribution in [1.82, 2.24) is 0 Å². The Hall–Kier alpha value is -2.22. The van der Waals surface area contributed by atoms with Crippen molar-refractivity contribution in [2.75, 3.05) is 29.5 Å². The van der Waals surface area contributed by atoms with Gasteiger partial charge in [0.15, 0.2) is 5.82 Å². The van der Waals surface area contributed by atoms with Gasteiger partial charge in [-0.2, -0.15) is 0 Å². The smallest absolute Gasteiger partial charge is 0.236 e. The molecule has 9 heteroatoms. The Morgan fingerprint density at radius 2 is 1.63 bits per heavy atom. The van der Waals surface area contributed by atoms with Crippen molar-refractivity contribution >= 4 is 40.5 Å². The molecule has 0 unspecified atom stereocenters. The van der Waals surface area contributed by atoms with Crippen molar-refractivity contribution in [2.24, 2.45) is 11.5 Å². The molecule has 19 heavy (non-hydrogen) atoms. The van der Waals surface area contributed by atoms with Crippen LogP contribution in [0.1, 0.15) is 0 Å². The monoisotopic (exact) mass is 289 g/mol. The number of halogens is 2. The van der Waals surface area contributed by atoms with Crippen LogP contribution in [0.15, 0.2) is 6.07 Å². The summed E-state index contributed by atoms with van der Waals surface area (Å²) >= 11 is 5.66. The standard InChI is InChI=1S/C10H13ClFN5O2/c11-8-4(13)1-5(14)10(9(8)12)17(2-6(15)18)3-7(16)19/h1H,2-3,13-14H2,(H2,15,18)(H2,16,19). The first-order chi connectivity index (χ1) is 8.73. The zero-order valence-corrected chi connectivity index (χ0v) is 10.6. The summed E-state index contributed by atoms with van der Waals surface area (Å²) in [5.74, 6) is -2.51. The number of amides is 2. The number of benzene rings is 1. The van der Waals surface area contributed by atoms with Gasteiger partial charge in [-0.3, -0.25) is 9.59 Å². The van der Waals surface area contributed by atoms with E-state index in [0.29, 0.717) is 0 Å². The molecule has 0 aromatic heterocycles. The first-order valence-electron chi connectivity index (χ1n) is 5.08. The molecule has 0 saturated heterocycles. The second kappa shape index (κ2) is 5.61. The number of carbonyl (C=O) groups is 2. The Morgan fingerprint density at radius 1 is 1.16 bits per heavy atom. The molecule has 0 saturated carbocycles. The van der Waals surface area contributed by atoms with Gasteiger partial charge in [0.2, 0.25) is 11.8 Å². The third-order valence-electron chi connectivity index (χ3n) is 2.25. The van der Waals surface area contributed by atoms with Crippen LogP contribution >= 0.6 is 11.6 Å². The molecule has 0 atom stereocenters. The number of nitrogens with zero attached hydrogens (tertiary/aromatic N) is 1. The van der Waals surface area contributed by atoms with Crippen LogP contribution < -0.4 is 27.8 Å². The van der Waals surface area contributed by atoms with Gasteiger partial charge in [0.1, 0.15) is 5.02 Å². The quantitative estimate of drug-likeness (QED) is 0.537. The van der Waals surface area contributed by atoms with Gasteiger partial charge in [0.25, 0.3) is 0 Å². The zero-order valence-electron chi connectivity index (χ0n) is 9.82. The van der Waals surface area contributed by atoms with E-state index in [1.807, 2.05) is 0 Å². The molecule has 0 aliphatic heterocycles. The summed E-state index contributed by atoms with van der Waals surface area (Å²) in [6.07, 6.45) is 0. The Labute approximate surface area is 113 Å². The van der Waals surface area contributed by atoms with Gasteiger partial charge in [-0.1, -0.05) is 11.6 Å². The number of nitrogen functional groups attached to an aromatic ring is 2. The summed E-state index contributed by atoms with van der Waals surface area (Å²) in [6, 6.07) is 1.22. The van der Waals surface area contributed by atoms with Gasteiger partial charge in [0.05, 0.1) is 30.2 Å². The molecular weight excluding hydrogens is 277 g/mol. The second-order valence-corrected chi connectivity index (χ2v) is 4.20. The van der Waals surface area contributed by atoms with Crippen LogP contribution in [0.2, 0.25) is 5.02 Å². The minimum absolute atomic E-state index is 0.0569. The maximum atomic E-state index is 14.0. The molecule has 1 aromatic carbocycles. The molecule has 0 fully saturated rings. The lowest BCUT2D eigenvalue weighted by Crippen LogP contribution is -2.40. The summed E-state index contributed by atoms with van der Waals surface area (Å²) in [7, 11) is 0. The Bertz CT molecular complexity index is 521. The largest absolute Gasteiger partial charge is 0.397 e. The van der Waals surface area contributed by atoms with Crippen LogP contribution in [-0.2, 0) is 9.59 Å². The first kappa shape index (κ1) is 14.8. The van der Waals surface area contributed by atoms with Gasteiger partial charge < -0.3 is 27.8 Å². The van der Waals surface area contributed by atoms with E-state index in [1.165, 1.54) is 6.07 Å². The highest BCUT2D eigenvalue weighted by Gasteiger charge is 2.22. The zero-order chi connectivity index (χ0) is 14.7. The highest BCUT2D eigenvalue weighted by molar-refractivity contribution is 6.33. The van der Waals surface area contributed by atoms with E-state index in [9.17, 15) is 14.0 Å². The van der Waals surface area contributed by atoms with Crippen molar-refractivity contribution in [3.05, 3.63) is 16.9 Å². The Kier molecular flexibility index (Phi) is 4.38. The normalized spacial score (nSPS) is 10.2. The maximum Gasteiger partial charge on any atom is 0.236 e. The van der Waals surface area contributed by atoms with Gasteiger partial charge in [0, 0.05) is 0 Å². The highest BCUT2D eigenvalue weighted by atomic mass is 35.5. The van der Waals surface area contributed by atoms with E-state index >= 15 is 0 Å². The van der Waals surface area contributed by atoms with Crippen molar-refractivity contribution in [2.45, 2.75) is 0 Å². The number of hydrogen-bond acceptors (Lipinski definition) is 5. The molecule has 0 spiro atoms. The number of anilines is 3. The molecule has 2 amide bonds. The second-order valence-electron chi connectivity index (χ2n) is 3.82. The average Bonchev–Trinajstić information content (AvgIpc) is 2.24. The van der Waals surface area contributed by atoms with E-state index in [2.05, 4.69) is 0 Å². The third-order valence-corrected chi connectivity index (χ3v) is 2.63. The maximum absolute atomic E-state index is 14.0. The van der Waals surface area contributed by atoms with Gasteiger partial charge in [-0.15, -0.1) is 0 Å². The van der Waals surface area contributed by atoms with Crippen LogP contribution in [0.4, 0.5) is 21.5 Å². The van der Waals surface area contributed by atoms with Gasteiger partial charge in [-0.05, 0) is 6.07 Å². The predicted molar refractivity (Wildman–Crippen MR) is 70.8 cm³/mol. The van der Waals surface area contributed by atoms with Crippen LogP contribution in [0.5, 0.6) is 0 Å². The van der Waals surface area contributed by atoms with Crippen LogP contribution in [0.3, 0.4) is 0 Å². The highest BCUT2D eigenvalue weighted by Crippen LogP contribution is 2.35. The lowest BCUT2D eigenvalue weighted by atomic mass is 10.2. The minimum atomic E-state index is -0.943. The molecule has 0 aliphatic carbocycles. The number of rotatable bonds is 5. The lowest BCUT2D eigenvalue weighted by Gasteiger charge is -2.24. The fraction of sp³-hybridized carbons (Fsp3) is 0.200. The van der Waals surface area contributed by atoms with E-state index in [0.717, 1.165) is 4.90 Å². The van der Waals surface area contributed by atoms with E-state index in [-0.39, 0.29) is 22.1 Å². The van der Waals surface area contributed by atoms with E-state index in [1.54, 1.807) is 0 Å². The molecule has 7 nitrogen and oxygen atoms in total. The summed E-state index contributed by atoms with van der Waals surface area (Å²) < 4.78 is 14.0. The first-order valence-corrected chi connectivity index (χ1v) is 5.46. The molecule has 0 heterocycles. The van der Waals surface area contributed by atoms with Crippen LogP contribution in [-0.4, -0.2) is 24.9 Å². The SMILES string of the molecule is NC(=O)CN(CC(N)=O)c1c(N)cc(N)c(Cl)c1F. The molecular formula is C10H13ClFN5O2.